The average Bonchev–Trinajstić information content (AvgIpc) is 2.59. The van der Waals surface area contributed by atoms with Crippen molar-refractivity contribution in [1.29, 1.82) is 0 Å². The summed E-state index contributed by atoms with van der Waals surface area (Å²) in [6, 6.07) is 0. The molecule has 1 aliphatic rings. The van der Waals surface area contributed by atoms with E-state index in [9.17, 15) is 0 Å². The normalized spacial score (nSPS) is 19.2. The van der Waals surface area contributed by atoms with Crippen LogP contribution in [0.1, 0.15) is 51.6 Å². The summed E-state index contributed by atoms with van der Waals surface area (Å²) in [7, 11) is 0. The lowest BCUT2D eigenvalue weighted by molar-refractivity contribution is 0.634. The van der Waals surface area contributed by atoms with E-state index in [4.69, 9.17) is 5.73 Å². The van der Waals surface area contributed by atoms with Gasteiger partial charge in [0, 0.05) is 36.1 Å². The van der Waals surface area contributed by atoms with Crippen LogP contribution >= 0.6 is 11.8 Å². The molecule has 2 N–H and O–H groups in total. The molecule has 0 aromatic carbocycles. The fourth-order valence-corrected chi connectivity index (χ4v) is 3.48. The van der Waals surface area contributed by atoms with Crippen LogP contribution in [0.25, 0.3) is 0 Å². The molecule has 0 atom stereocenters. The lowest BCUT2D eigenvalue weighted by Gasteiger charge is -2.25. The second-order valence-electron chi connectivity index (χ2n) is 6.26. The van der Waals surface area contributed by atoms with Gasteiger partial charge in [-0.3, -0.25) is 0 Å². The standard InChI is InChI=1S/C15H26N4S/c1-11(2)14-17-10-13(12(9-16)18-14)19-6-5-15(3,4)20-8-7-19/h10-11H,5-9,16H2,1-4H3. The van der Waals surface area contributed by atoms with E-state index in [2.05, 4.69) is 42.6 Å². The van der Waals surface area contributed by atoms with E-state index in [0.29, 0.717) is 17.2 Å². The zero-order valence-corrected chi connectivity index (χ0v) is 13.8. The topological polar surface area (TPSA) is 55.0 Å². The highest BCUT2D eigenvalue weighted by atomic mass is 32.2. The van der Waals surface area contributed by atoms with Gasteiger partial charge in [-0.1, -0.05) is 27.7 Å². The number of hydrogen-bond acceptors (Lipinski definition) is 5. The Balaban J connectivity index is 2.23. The number of rotatable bonds is 3. The molecule has 20 heavy (non-hydrogen) atoms. The Kier molecular flexibility index (Phi) is 4.91. The van der Waals surface area contributed by atoms with E-state index in [1.165, 1.54) is 6.42 Å². The van der Waals surface area contributed by atoms with Crippen molar-refractivity contribution in [3.8, 4) is 0 Å². The molecular weight excluding hydrogens is 268 g/mol. The number of anilines is 1. The summed E-state index contributed by atoms with van der Waals surface area (Å²) >= 11 is 2.05. The first-order valence-corrected chi connectivity index (χ1v) is 8.36. The summed E-state index contributed by atoms with van der Waals surface area (Å²) in [6.07, 6.45) is 3.14. The molecule has 1 fully saturated rings. The SMILES string of the molecule is CC(C)c1ncc(N2CCSC(C)(C)CC2)c(CN)n1. The average molecular weight is 294 g/mol. The molecule has 5 heteroatoms. The first-order valence-electron chi connectivity index (χ1n) is 7.38. The van der Waals surface area contributed by atoms with Gasteiger partial charge in [0.1, 0.15) is 5.82 Å². The first-order chi connectivity index (χ1) is 9.43. The fraction of sp³-hybridized carbons (Fsp3) is 0.733. The molecule has 0 amide bonds. The molecule has 0 unspecified atom stereocenters. The van der Waals surface area contributed by atoms with Gasteiger partial charge in [-0.05, 0) is 6.42 Å². The maximum absolute atomic E-state index is 5.90. The molecular formula is C15H26N4S. The minimum atomic E-state index is 0.341. The molecule has 0 saturated carbocycles. The van der Waals surface area contributed by atoms with Crippen LogP contribution < -0.4 is 10.6 Å². The van der Waals surface area contributed by atoms with Crippen LogP contribution in [0.4, 0.5) is 5.69 Å². The van der Waals surface area contributed by atoms with Gasteiger partial charge in [0.05, 0.1) is 17.6 Å². The van der Waals surface area contributed by atoms with Gasteiger partial charge >= 0.3 is 0 Å². The highest BCUT2D eigenvalue weighted by Crippen LogP contribution is 2.32. The molecule has 112 valence electrons. The molecule has 2 rings (SSSR count). The molecule has 1 aliphatic heterocycles. The van der Waals surface area contributed by atoms with Gasteiger partial charge in [0.2, 0.25) is 0 Å². The van der Waals surface area contributed by atoms with E-state index < -0.39 is 0 Å². The summed E-state index contributed by atoms with van der Waals surface area (Å²) in [4.78, 5) is 11.6. The van der Waals surface area contributed by atoms with Crippen molar-refractivity contribution in [2.45, 2.75) is 51.3 Å². The van der Waals surface area contributed by atoms with E-state index in [-0.39, 0.29) is 0 Å². The number of aromatic nitrogens is 2. The lowest BCUT2D eigenvalue weighted by Crippen LogP contribution is -2.29. The van der Waals surface area contributed by atoms with Crippen molar-refractivity contribution in [2.75, 3.05) is 23.7 Å². The Labute approximate surface area is 126 Å². The molecule has 2 heterocycles. The van der Waals surface area contributed by atoms with Crippen LogP contribution in [-0.2, 0) is 6.54 Å². The Bertz CT molecular complexity index is 459. The number of nitrogens with two attached hydrogens (primary N) is 1. The zero-order chi connectivity index (χ0) is 14.8. The summed E-state index contributed by atoms with van der Waals surface area (Å²) in [6.45, 7) is 11.4. The van der Waals surface area contributed by atoms with Crippen LogP contribution in [-0.4, -0.2) is 33.6 Å². The minimum Gasteiger partial charge on any atom is -0.368 e. The quantitative estimate of drug-likeness (QED) is 0.929. The largest absolute Gasteiger partial charge is 0.368 e. The van der Waals surface area contributed by atoms with Crippen molar-refractivity contribution in [2.24, 2.45) is 5.73 Å². The Morgan fingerprint density at radius 1 is 1.40 bits per heavy atom. The van der Waals surface area contributed by atoms with E-state index in [0.717, 1.165) is 36.0 Å². The van der Waals surface area contributed by atoms with Crippen molar-refractivity contribution >= 4 is 17.4 Å². The third kappa shape index (κ3) is 3.64. The third-order valence-electron chi connectivity index (χ3n) is 3.75. The predicted molar refractivity (Wildman–Crippen MR) is 87.4 cm³/mol. The van der Waals surface area contributed by atoms with Gasteiger partial charge in [0.15, 0.2) is 0 Å². The maximum atomic E-state index is 5.90. The molecule has 1 aromatic rings. The minimum absolute atomic E-state index is 0.341. The molecule has 4 nitrogen and oxygen atoms in total. The number of nitrogens with zero attached hydrogens (tertiary/aromatic N) is 3. The van der Waals surface area contributed by atoms with Crippen molar-refractivity contribution in [3.63, 3.8) is 0 Å². The molecule has 0 spiro atoms. The van der Waals surface area contributed by atoms with Crippen molar-refractivity contribution in [3.05, 3.63) is 17.7 Å². The van der Waals surface area contributed by atoms with Crippen molar-refractivity contribution in [1.82, 2.24) is 9.97 Å². The molecule has 1 aromatic heterocycles. The second-order valence-corrected chi connectivity index (χ2v) is 8.07. The Hall–Kier alpha value is -0.810. The summed E-state index contributed by atoms with van der Waals surface area (Å²) in [5.41, 5.74) is 8.00. The molecule has 0 aliphatic carbocycles. The van der Waals surface area contributed by atoms with Crippen LogP contribution in [0, 0.1) is 0 Å². The summed E-state index contributed by atoms with van der Waals surface area (Å²) < 4.78 is 0.357. The summed E-state index contributed by atoms with van der Waals surface area (Å²) in [5, 5.41) is 0. The van der Waals surface area contributed by atoms with Crippen LogP contribution in [0.3, 0.4) is 0 Å². The first kappa shape index (κ1) is 15.6. The maximum Gasteiger partial charge on any atom is 0.131 e. The third-order valence-corrected chi connectivity index (χ3v) is 5.12. The van der Waals surface area contributed by atoms with Crippen molar-refractivity contribution < 1.29 is 0 Å². The fourth-order valence-electron chi connectivity index (χ4n) is 2.38. The van der Waals surface area contributed by atoms with Gasteiger partial charge in [-0.2, -0.15) is 11.8 Å². The van der Waals surface area contributed by atoms with Crippen LogP contribution in [0.2, 0.25) is 0 Å². The Morgan fingerprint density at radius 2 is 2.15 bits per heavy atom. The zero-order valence-electron chi connectivity index (χ0n) is 13.0. The van der Waals surface area contributed by atoms with Gasteiger partial charge in [-0.25, -0.2) is 9.97 Å². The van der Waals surface area contributed by atoms with E-state index in [1.54, 1.807) is 0 Å². The monoisotopic (exact) mass is 294 g/mol. The van der Waals surface area contributed by atoms with Gasteiger partial charge in [-0.15, -0.1) is 0 Å². The summed E-state index contributed by atoms with van der Waals surface area (Å²) in [5.74, 6) is 2.37. The van der Waals surface area contributed by atoms with E-state index >= 15 is 0 Å². The number of hydrogen-bond donors (Lipinski definition) is 1. The second kappa shape index (κ2) is 6.31. The Morgan fingerprint density at radius 3 is 2.80 bits per heavy atom. The van der Waals surface area contributed by atoms with Gasteiger partial charge < -0.3 is 10.6 Å². The predicted octanol–water partition coefficient (Wildman–Crippen LogP) is 2.78. The molecule has 0 bridgehead atoms. The number of thioether (sulfide) groups is 1. The smallest absolute Gasteiger partial charge is 0.131 e. The molecule has 1 saturated heterocycles. The van der Waals surface area contributed by atoms with Gasteiger partial charge in [0.25, 0.3) is 0 Å². The highest BCUT2D eigenvalue weighted by molar-refractivity contribution is 8.00. The molecule has 0 radical (unpaired) electrons. The van der Waals surface area contributed by atoms with E-state index in [1.807, 2.05) is 18.0 Å². The lowest BCUT2D eigenvalue weighted by atomic mass is 10.1. The van der Waals surface area contributed by atoms with Crippen LogP contribution in [0.5, 0.6) is 0 Å². The van der Waals surface area contributed by atoms with Crippen LogP contribution in [0.15, 0.2) is 6.20 Å². The highest BCUT2D eigenvalue weighted by Gasteiger charge is 2.25.